The summed E-state index contributed by atoms with van der Waals surface area (Å²) in [5, 5.41) is 8.96. The van der Waals surface area contributed by atoms with E-state index in [1.54, 1.807) is 29.1 Å². The molecule has 0 spiro atoms. The van der Waals surface area contributed by atoms with Gasteiger partial charge in [-0.1, -0.05) is 12.1 Å². The molecular formula is C16H12BN6-. The predicted octanol–water partition coefficient (Wildman–Crippen LogP) is 2.13. The summed E-state index contributed by atoms with van der Waals surface area (Å²) in [7, 11) is 1.79. The number of rotatable bonds is 4. The molecule has 0 aliphatic rings. The van der Waals surface area contributed by atoms with E-state index in [-0.39, 0.29) is 0 Å². The fraction of sp³-hybridized carbons (Fsp3) is 0. The molecule has 2 radical (unpaired) electrons. The summed E-state index contributed by atoms with van der Waals surface area (Å²) in [4.78, 5) is 8.59. The SMILES string of the molecule is [B-](n1ccc(-c2ccccn2)n1)n1ccc(-c2ccccn2)n1. The molecule has 0 saturated carbocycles. The second kappa shape index (κ2) is 5.88. The molecule has 23 heavy (non-hydrogen) atoms. The molecule has 6 nitrogen and oxygen atoms in total. The van der Waals surface area contributed by atoms with Gasteiger partial charge in [-0.05, 0) is 56.3 Å². The van der Waals surface area contributed by atoms with Gasteiger partial charge in [0, 0.05) is 12.4 Å². The summed E-state index contributed by atoms with van der Waals surface area (Å²) in [6, 6.07) is 15.4. The Morgan fingerprint density at radius 1 is 0.609 bits per heavy atom. The third-order valence-electron chi connectivity index (χ3n) is 3.31. The molecule has 0 N–H and O–H groups in total. The molecule has 4 rings (SSSR count). The van der Waals surface area contributed by atoms with Crippen molar-refractivity contribution in [3.8, 4) is 22.8 Å². The third-order valence-corrected chi connectivity index (χ3v) is 3.31. The first kappa shape index (κ1) is 13.4. The first-order chi connectivity index (χ1) is 11.4. The maximum absolute atomic E-state index is 4.48. The fourth-order valence-corrected chi connectivity index (χ4v) is 2.23. The molecule has 0 saturated heterocycles. The summed E-state index contributed by atoms with van der Waals surface area (Å²) >= 11 is 0. The molecule has 0 amide bonds. The van der Waals surface area contributed by atoms with E-state index < -0.39 is 0 Å². The molecule has 7 heteroatoms. The van der Waals surface area contributed by atoms with Crippen molar-refractivity contribution in [3.63, 3.8) is 0 Å². The first-order valence-electron chi connectivity index (χ1n) is 7.16. The van der Waals surface area contributed by atoms with E-state index in [4.69, 9.17) is 0 Å². The van der Waals surface area contributed by atoms with Crippen molar-refractivity contribution in [3.05, 3.63) is 73.3 Å². The zero-order valence-corrected chi connectivity index (χ0v) is 12.2. The highest BCUT2D eigenvalue weighted by atomic mass is 15.3. The molecule has 110 valence electrons. The molecule has 0 aliphatic heterocycles. The summed E-state index contributed by atoms with van der Waals surface area (Å²) < 4.78 is 3.42. The monoisotopic (exact) mass is 299 g/mol. The Hall–Kier alpha value is -3.22. The molecule has 4 aromatic heterocycles. The maximum atomic E-state index is 4.48. The minimum Gasteiger partial charge on any atom is -0.488 e. The molecule has 0 aromatic carbocycles. The van der Waals surface area contributed by atoms with Gasteiger partial charge in [0.1, 0.15) is 11.4 Å². The van der Waals surface area contributed by atoms with Crippen molar-refractivity contribution < 1.29 is 0 Å². The van der Waals surface area contributed by atoms with Gasteiger partial charge < -0.3 is 9.19 Å². The number of nitrogens with zero attached hydrogens (tertiary/aromatic N) is 6. The van der Waals surface area contributed by atoms with Crippen LogP contribution in [0.25, 0.3) is 22.8 Å². The van der Waals surface area contributed by atoms with E-state index in [0.717, 1.165) is 22.8 Å². The zero-order chi connectivity index (χ0) is 15.5. The van der Waals surface area contributed by atoms with Crippen LogP contribution < -0.4 is 0 Å². The number of pyridine rings is 2. The van der Waals surface area contributed by atoms with Crippen molar-refractivity contribution in [1.82, 2.24) is 29.4 Å². The second-order valence-corrected chi connectivity index (χ2v) is 4.91. The summed E-state index contributed by atoms with van der Waals surface area (Å²) in [6.45, 7) is 0. The van der Waals surface area contributed by atoms with E-state index in [1.807, 2.05) is 60.9 Å². The highest BCUT2D eigenvalue weighted by Gasteiger charge is 2.01. The Morgan fingerprint density at radius 2 is 1.13 bits per heavy atom. The van der Waals surface area contributed by atoms with Crippen LogP contribution in [0, 0.1) is 0 Å². The lowest BCUT2D eigenvalue weighted by Crippen LogP contribution is -2.17. The van der Waals surface area contributed by atoms with Gasteiger partial charge in [0.05, 0.1) is 11.4 Å². The largest absolute Gasteiger partial charge is 0.488 e. The van der Waals surface area contributed by atoms with Gasteiger partial charge in [-0.25, -0.2) is 10.2 Å². The van der Waals surface area contributed by atoms with Crippen LogP contribution in [0.4, 0.5) is 0 Å². The van der Waals surface area contributed by atoms with Gasteiger partial charge in [0.15, 0.2) is 0 Å². The standard InChI is InChI=1S/C16H12BN6/c1-3-9-18-13(5-1)15-7-11-22(20-15)17-23-12-8-16(21-23)14-6-2-4-10-19-14/h1-12H/q-1. The van der Waals surface area contributed by atoms with Crippen LogP contribution in [0.15, 0.2) is 73.3 Å². The van der Waals surface area contributed by atoms with Crippen LogP contribution in [0.3, 0.4) is 0 Å². The molecule has 0 bridgehead atoms. The van der Waals surface area contributed by atoms with Gasteiger partial charge in [0.2, 0.25) is 0 Å². The molecular weight excluding hydrogens is 287 g/mol. The minimum absolute atomic E-state index is 0.818. The van der Waals surface area contributed by atoms with E-state index >= 15 is 0 Å². The number of aromatic nitrogens is 6. The summed E-state index contributed by atoms with van der Waals surface area (Å²) in [6.07, 6.45) is 7.24. The Kier molecular flexibility index (Phi) is 3.44. The fourth-order valence-electron chi connectivity index (χ4n) is 2.23. The lowest BCUT2D eigenvalue weighted by molar-refractivity contribution is 0.886. The first-order valence-corrected chi connectivity index (χ1v) is 7.16. The van der Waals surface area contributed by atoms with E-state index in [2.05, 4.69) is 20.2 Å². The second-order valence-electron chi connectivity index (χ2n) is 4.91. The topological polar surface area (TPSA) is 61.4 Å². The Labute approximate surface area is 133 Å². The Bertz CT molecular complexity index is 825. The van der Waals surface area contributed by atoms with E-state index in [1.165, 1.54) is 0 Å². The third kappa shape index (κ3) is 2.89. The lowest BCUT2D eigenvalue weighted by Gasteiger charge is -2.17. The highest BCUT2D eigenvalue weighted by molar-refractivity contribution is 6.30. The average Bonchev–Trinajstić information content (AvgIpc) is 3.27. The normalized spacial score (nSPS) is 10.8. The zero-order valence-electron chi connectivity index (χ0n) is 12.2. The maximum Gasteiger partial charge on any atom is 0.106 e. The van der Waals surface area contributed by atoms with Gasteiger partial charge in [-0.2, -0.15) is 0 Å². The van der Waals surface area contributed by atoms with Crippen LogP contribution in [-0.4, -0.2) is 36.9 Å². The molecule has 4 aromatic rings. The quantitative estimate of drug-likeness (QED) is 0.542. The number of hydrogen-bond donors (Lipinski definition) is 0. The summed E-state index contributed by atoms with van der Waals surface area (Å²) in [5.41, 5.74) is 3.32. The predicted molar refractivity (Wildman–Crippen MR) is 87.5 cm³/mol. The Morgan fingerprint density at radius 3 is 1.57 bits per heavy atom. The Balaban J connectivity index is 1.53. The van der Waals surface area contributed by atoms with Crippen LogP contribution in [0.1, 0.15) is 0 Å². The molecule has 4 heterocycles. The van der Waals surface area contributed by atoms with Crippen LogP contribution in [0.2, 0.25) is 0 Å². The number of hydrogen-bond acceptors (Lipinski definition) is 4. The van der Waals surface area contributed by atoms with E-state index in [9.17, 15) is 0 Å². The summed E-state index contributed by atoms with van der Waals surface area (Å²) in [5.74, 6) is 0. The molecule has 0 unspecified atom stereocenters. The van der Waals surface area contributed by atoms with Gasteiger partial charge in [-0.3, -0.25) is 9.97 Å². The van der Waals surface area contributed by atoms with Gasteiger partial charge in [0.25, 0.3) is 0 Å². The average molecular weight is 299 g/mol. The van der Waals surface area contributed by atoms with Gasteiger partial charge in [-0.15, -0.1) is 0 Å². The highest BCUT2D eigenvalue weighted by Crippen LogP contribution is 2.14. The van der Waals surface area contributed by atoms with Gasteiger partial charge >= 0.3 is 0 Å². The van der Waals surface area contributed by atoms with Crippen LogP contribution in [0.5, 0.6) is 0 Å². The molecule has 0 fully saturated rings. The molecule has 0 atom stereocenters. The smallest absolute Gasteiger partial charge is 0.106 e. The van der Waals surface area contributed by atoms with Crippen molar-refractivity contribution in [1.29, 1.82) is 0 Å². The lowest BCUT2D eigenvalue weighted by atomic mass is 10.2. The molecule has 0 aliphatic carbocycles. The van der Waals surface area contributed by atoms with E-state index in [0.29, 0.717) is 0 Å². The van der Waals surface area contributed by atoms with Crippen molar-refractivity contribution in [2.45, 2.75) is 0 Å². The van der Waals surface area contributed by atoms with Crippen molar-refractivity contribution >= 4 is 7.55 Å². The minimum atomic E-state index is 0.818. The van der Waals surface area contributed by atoms with Crippen LogP contribution in [-0.2, 0) is 0 Å². The van der Waals surface area contributed by atoms with Crippen LogP contribution >= 0.6 is 0 Å². The van der Waals surface area contributed by atoms with Crippen molar-refractivity contribution in [2.75, 3.05) is 0 Å². The van der Waals surface area contributed by atoms with Crippen molar-refractivity contribution in [2.24, 2.45) is 0 Å².